The molecule has 0 spiro atoms. The third-order valence-electron chi connectivity index (χ3n) is 3.88. The molecular weight excluding hydrogens is 316 g/mol. The van der Waals surface area contributed by atoms with Crippen LogP contribution in [0.25, 0.3) is 0 Å². The second kappa shape index (κ2) is 6.27. The van der Waals surface area contributed by atoms with Crippen molar-refractivity contribution in [1.82, 2.24) is 4.90 Å². The quantitative estimate of drug-likeness (QED) is 0.624. The summed E-state index contributed by atoms with van der Waals surface area (Å²) in [5.41, 5.74) is 2.18. The predicted octanol–water partition coefficient (Wildman–Crippen LogP) is 3.18. The number of carbonyl (C=O) groups is 1. The van der Waals surface area contributed by atoms with Crippen LogP contribution in [0.3, 0.4) is 0 Å². The van der Waals surface area contributed by atoms with Crippen molar-refractivity contribution in [3.05, 3.63) is 29.8 Å². The Balaban J connectivity index is 2.05. The van der Waals surface area contributed by atoms with Gasteiger partial charge in [0.05, 0.1) is 5.33 Å². The number of carbonyl (C=O) groups excluding carboxylic acids is 1. The zero-order valence-corrected chi connectivity index (χ0v) is 14.1. The number of Topliss-reactive ketones (excluding diaryl/α,β-unsaturated/α-hetero) is 1. The Bertz CT molecular complexity index is 474. The van der Waals surface area contributed by atoms with Crippen molar-refractivity contribution in [2.24, 2.45) is 0 Å². The van der Waals surface area contributed by atoms with Gasteiger partial charge < -0.3 is 4.90 Å². The molecule has 110 valence electrons. The van der Waals surface area contributed by atoms with Gasteiger partial charge in [-0.2, -0.15) is 0 Å². The molecular formula is C16H23BrN2O. The van der Waals surface area contributed by atoms with Gasteiger partial charge in [-0.1, -0.05) is 28.1 Å². The van der Waals surface area contributed by atoms with Crippen molar-refractivity contribution in [2.75, 3.05) is 36.4 Å². The molecule has 0 atom stereocenters. The van der Waals surface area contributed by atoms with Gasteiger partial charge in [0.1, 0.15) is 0 Å². The monoisotopic (exact) mass is 338 g/mol. The molecule has 1 aromatic carbocycles. The first-order chi connectivity index (χ1) is 9.41. The van der Waals surface area contributed by atoms with Crippen LogP contribution in [0.4, 0.5) is 5.69 Å². The van der Waals surface area contributed by atoms with E-state index in [2.05, 4.69) is 52.6 Å². The summed E-state index contributed by atoms with van der Waals surface area (Å²) in [6.45, 7) is 11.0. The van der Waals surface area contributed by atoms with E-state index in [1.54, 1.807) is 0 Å². The Morgan fingerprint density at radius 2 is 1.85 bits per heavy atom. The molecule has 0 bridgehead atoms. The average molecular weight is 339 g/mol. The molecule has 1 saturated heterocycles. The first kappa shape index (κ1) is 15.5. The van der Waals surface area contributed by atoms with Crippen LogP contribution in [0, 0.1) is 0 Å². The highest BCUT2D eigenvalue weighted by atomic mass is 79.9. The summed E-state index contributed by atoms with van der Waals surface area (Å²) in [7, 11) is 0. The molecule has 0 aromatic heterocycles. The van der Waals surface area contributed by atoms with E-state index in [-0.39, 0.29) is 11.3 Å². The fourth-order valence-corrected chi connectivity index (χ4v) is 2.91. The van der Waals surface area contributed by atoms with E-state index in [0.717, 1.165) is 37.4 Å². The van der Waals surface area contributed by atoms with Crippen molar-refractivity contribution in [3.8, 4) is 0 Å². The standard InChI is InChI=1S/C16H23BrN2O/c1-16(2,3)19-9-7-18(8-10-19)14-6-4-5-13(11-14)15(20)12-17/h4-6,11H,7-10,12H2,1-3H3. The van der Waals surface area contributed by atoms with E-state index in [9.17, 15) is 4.79 Å². The van der Waals surface area contributed by atoms with Crippen LogP contribution in [0.2, 0.25) is 0 Å². The SMILES string of the molecule is CC(C)(C)N1CCN(c2cccc(C(=O)CBr)c2)CC1. The lowest BCUT2D eigenvalue weighted by Gasteiger charge is -2.43. The van der Waals surface area contributed by atoms with Crippen LogP contribution in [0.1, 0.15) is 31.1 Å². The molecule has 1 fully saturated rings. The van der Waals surface area contributed by atoms with Crippen molar-refractivity contribution >= 4 is 27.4 Å². The molecule has 0 unspecified atom stereocenters. The number of rotatable bonds is 3. The highest BCUT2D eigenvalue weighted by molar-refractivity contribution is 9.09. The van der Waals surface area contributed by atoms with Crippen molar-refractivity contribution in [2.45, 2.75) is 26.3 Å². The molecule has 1 heterocycles. The van der Waals surface area contributed by atoms with Crippen LogP contribution in [0.15, 0.2) is 24.3 Å². The fourth-order valence-electron chi connectivity index (χ4n) is 2.59. The number of benzene rings is 1. The largest absolute Gasteiger partial charge is 0.369 e. The van der Waals surface area contributed by atoms with E-state index in [1.807, 2.05) is 18.2 Å². The van der Waals surface area contributed by atoms with Gasteiger partial charge in [0.2, 0.25) is 0 Å². The fraction of sp³-hybridized carbons (Fsp3) is 0.562. The first-order valence-electron chi connectivity index (χ1n) is 7.11. The molecule has 2 rings (SSSR count). The maximum Gasteiger partial charge on any atom is 0.173 e. The molecule has 1 aromatic rings. The van der Waals surface area contributed by atoms with Gasteiger partial charge in [-0.05, 0) is 32.9 Å². The Morgan fingerprint density at radius 1 is 1.20 bits per heavy atom. The summed E-state index contributed by atoms with van der Waals surface area (Å²) in [5, 5.41) is 0.383. The summed E-state index contributed by atoms with van der Waals surface area (Å²) in [5.74, 6) is 0.139. The zero-order valence-electron chi connectivity index (χ0n) is 12.5. The summed E-state index contributed by atoms with van der Waals surface area (Å²) in [4.78, 5) is 16.6. The predicted molar refractivity (Wildman–Crippen MR) is 88.1 cm³/mol. The Labute approximate surface area is 130 Å². The smallest absolute Gasteiger partial charge is 0.173 e. The molecule has 20 heavy (non-hydrogen) atoms. The van der Waals surface area contributed by atoms with Crippen LogP contribution in [0.5, 0.6) is 0 Å². The van der Waals surface area contributed by atoms with E-state index < -0.39 is 0 Å². The second-order valence-corrected chi connectivity index (χ2v) is 6.81. The molecule has 0 N–H and O–H groups in total. The van der Waals surface area contributed by atoms with E-state index >= 15 is 0 Å². The summed E-state index contributed by atoms with van der Waals surface area (Å²) < 4.78 is 0. The lowest BCUT2D eigenvalue weighted by atomic mass is 10.0. The number of anilines is 1. The number of nitrogens with zero attached hydrogens (tertiary/aromatic N) is 2. The molecule has 4 heteroatoms. The minimum absolute atomic E-state index is 0.139. The average Bonchev–Trinajstić information content (AvgIpc) is 2.46. The third kappa shape index (κ3) is 3.61. The minimum atomic E-state index is 0.139. The van der Waals surface area contributed by atoms with Gasteiger partial charge in [0, 0.05) is 43.0 Å². The van der Waals surface area contributed by atoms with E-state index in [1.165, 1.54) is 0 Å². The highest BCUT2D eigenvalue weighted by Crippen LogP contribution is 2.22. The number of piperazine rings is 1. The minimum Gasteiger partial charge on any atom is -0.369 e. The summed E-state index contributed by atoms with van der Waals surface area (Å²) in [6, 6.07) is 7.97. The normalized spacial score (nSPS) is 17.3. The highest BCUT2D eigenvalue weighted by Gasteiger charge is 2.25. The summed E-state index contributed by atoms with van der Waals surface area (Å²) in [6.07, 6.45) is 0. The molecule has 3 nitrogen and oxygen atoms in total. The van der Waals surface area contributed by atoms with Crippen LogP contribution in [-0.2, 0) is 0 Å². The lowest BCUT2D eigenvalue weighted by Crippen LogP contribution is -2.53. The third-order valence-corrected chi connectivity index (χ3v) is 4.39. The van der Waals surface area contributed by atoms with Gasteiger partial charge >= 0.3 is 0 Å². The zero-order chi connectivity index (χ0) is 14.8. The topological polar surface area (TPSA) is 23.6 Å². The van der Waals surface area contributed by atoms with Crippen molar-refractivity contribution < 1.29 is 4.79 Å². The Morgan fingerprint density at radius 3 is 2.40 bits per heavy atom. The first-order valence-corrected chi connectivity index (χ1v) is 8.23. The molecule has 0 amide bonds. The number of ketones is 1. The summed E-state index contributed by atoms with van der Waals surface area (Å²) >= 11 is 3.23. The van der Waals surface area contributed by atoms with Crippen molar-refractivity contribution in [3.63, 3.8) is 0 Å². The van der Waals surface area contributed by atoms with Crippen molar-refractivity contribution in [1.29, 1.82) is 0 Å². The van der Waals surface area contributed by atoms with Gasteiger partial charge in [0.25, 0.3) is 0 Å². The molecule has 1 aliphatic heterocycles. The second-order valence-electron chi connectivity index (χ2n) is 6.25. The van der Waals surface area contributed by atoms with E-state index in [4.69, 9.17) is 0 Å². The number of alkyl halides is 1. The van der Waals surface area contributed by atoms with Gasteiger partial charge in [-0.25, -0.2) is 0 Å². The lowest BCUT2D eigenvalue weighted by molar-refractivity contribution is 0.102. The maximum absolute atomic E-state index is 11.8. The molecule has 0 radical (unpaired) electrons. The molecule has 0 saturated carbocycles. The van der Waals surface area contributed by atoms with Gasteiger partial charge in [-0.3, -0.25) is 9.69 Å². The van der Waals surface area contributed by atoms with Crippen LogP contribution in [-0.4, -0.2) is 47.7 Å². The van der Waals surface area contributed by atoms with Crippen LogP contribution >= 0.6 is 15.9 Å². The van der Waals surface area contributed by atoms with Gasteiger partial charge in [-0.15, -0.1) is 0 Å². The Kier molecular flexibility index (Phi) is 4.86. The number of hydrogen-bond donors (Lipinski definition) is 0. The van der Waals surface area contributed by atoms with E-state index in [0.29, 0.717) is 5.33 Å². The molecule has 1 aliphatic rings. The van der Waals surface area contributed by atoms with Crippen LogP contribution < -0.4 is 4.90 Å². The number of halogens is 1. The Hall–Kier alpha value is -0.870. The van der Waals surface area contributed by atoms with Gasteiger partial charge in [0.15, 0.2) is 5.78 Å². The maximum atomic E-state index is 11.8. The molecule has 0 aliphatic carbocycles. The number of hydrogen-bond acceptors (Lipinski definition) is 3.